The Morgan fingerprint density at radius 2 is 1.74 bits per heavy atom. The van der Waals surface area contributed by atoms with E-state index in [1.807, 2.05) is 54.6 Å². The van der Waals surface area contributed by atoms with Gasteiger partial charge in [0.25, 0.3) is 5.91 Å². The number of aliphatic imine (C=N–C) groups is 1. The Morgan fingerprint density at radius 3 is 2.46 bits per heavy atom. The second kappa shape index (κ2) is 10.4. The van der Waals surface area contributed by atoms with E-state index in [1.165, 1.54) is 17.3 Å². The Bertz CT molecular complexity index is 1310. The van der Waals surface area contributed by atoms with E-state index in [9.17, 15) is 4.79 Å². The van der Waals surface area contributed by atoms with Gasteiger partial charge in [-0.05, 0) is 67.1 Å². The maximum atomic E-state index is 13.8. The van der Waals surface area contributed by atoms with Crippen molar-refractivity contribution in [1.82, 2.24) is 4.90 Å². The number of carbonyl (C=O) groups excluding carboxylic acids is 1. The van der Waals surface area contributed by atoms with Gasteiger partial charge in [0.2, 0.25) is 0 Å². The van der Waals surface area contributed by atoms with E-state index in [0.29, 0.717) is 21.6 Å². The molecule has 0 N–H and O–H groups in total. The van der Waals surface area contributed by atoms with E-state index in [1.54, 1.807) is 23.8 Å². The van der Waals surface area contributed by atoms with Crippen LogP contribution in [0.5, 0.6) is 5.75 Å². The molecule has 2 aliphatic rings. The van der Waals surface area contributed by atoms with Crippen molar-refractivity contribution < 1.29 is 9.53 Å². The van der Waals surface area contributed by atoms with Gasteiger partial charge >= 0.3 is 0 Å². The number of benzene rings is 3. The van der Waals surface area contributed by atoms with Gasteiger partial charge in [0.1, 0.15) is 15.7 Å². The number of hydrogen-bond acceptors (Lipinski definition) is 6. The summed E-state index contributed by atoms with van der Waals surface area (Å²) in [5.41, 5.74) is 3.01. The maximum absolute atomic E-state index is 13.8. The first-order chi connectivity index (χ1) is 17.1. The van der Waals surface area contributed by atoms with Gasteiger partial charge in [-0.15, -0.1) is 0 Å². The van der Waals surface area contributed by atoms with Gasteiger partial charge in [-0.3, -0.25) is 9.69 Å². The van der Waals surface area contributed by atoms with Gasteiger partial charge in [-0.1, -0.05) is 53.7 Å². The molecule has 0 aromatic heterocycles. The van der Waals surface area contributed by atoms with Crippen LogP contribution in [0.25, 0.3) is 0 Å². The van der Waals surface area contributed by atoms with Gasteiger partial charge in [-0.25, -0.2) is 4.99 Å². The summed E-state index contributed by atoms with van der Waals surface area (Å²) in [6.07, 6.45) is 0.747. The molecule has 0 saturated carbocycles. The average molecular weight is 522 g/mol. The molecule has 35 heavy (non-hydrogen) atoms. The number of nitrogens with zero attached hydrogens (tertiary/aromatic N) is 3. The summed E-state index contributed by atoms with van der Waals surface area (Å²) in [6.45, 7) is 3.39. The molecule has 1 fully saturated rings. The highest BCUT2D eigenvalue weighted by Gasteiger charge is 2.39. The minimum absolute atomic E-state index is 0.0145. The van der Waals surface area contributed by atoms with E-state index >= 15 is 0 Å². The third-order valence-electron chi connectivity index (χ3n) is 5.80. The Balaban J connectivity index is 1.51. The standard InChI is InChI=1S/C27H24ClN3O2S2/c1-3-30-22-17-21(33-2)13-14-23(22)34-26(30)24-25(32)31(16-15-18-7-5-4-6-8-18)27(35-24)29-20-11-9-19(28)10-12-20/h4-14,17H,3,15-16H2,1-2H3. The molecule has 8 heteroatoms. The Kier molecular flexibility index (Phi) is 7.09. The molecule has 2 aliphatic heterocycles. The molecular weight excluding hydrogens is 498 g/mol. The van der Waals surface area contributed by atoms with Crippen LogP contribution in [0.15, 0.2) is 92.6 Å². The normalized spacial score (nSPS) is 18.5. The number of ether oxygens (including phenoxy) is 1. The molecule has 0 radical (unpaired) electrons. The number of hydrogen-bond donors (Lipinski definition) is 0. The van der Waals surface area contributed by atoms with E-state index in [4.69, 9.17) is 21.3 Å². The minimum atomic E-state index is -0.0145. The topological polar surface area (TPSA) is 45.1 Å². The summed E-state index contributed by atoms with van der Waals surface area (Å²) in [7, 11) is 1.67. The molecule has 5 rings (SSSR count). The lowest BCUT2D eigenvalue weighted by Crippen LogP contribution is -2.32. The van der Waals surface area contributed by atoms with Gasteiger partial charge < -0.3 is 9.64 Å². The van der Waals surface area contributed by atoms with Crippen molar-refractivity contribution in [3.05, 3.63) is 93.3 Å². The minimum Gasteiger partial charge on any atom is -0.497 e. The summed E-state index contributed by atoms with van der Waals surface area (Å²) in [6, 6.07) is 23.6. The zero-order valence-electron chi connectivity index (χ0n) is 19.4. The zero-order valence-corrected chi connectivity index (χ0v) is 21.8. The van der Waals surface area contributed by atoms with E-state index in [2.05, 4.69) is 30.0 Å². The van der Waals surface area contributed by atoms with Crippen LogP contribution in [0.3, 0.4) is 0 Å². The average Bonchev–Trinajstić information content (AvgIpc) is 3.40. The first kappa shape index (κ1) is 23.9. The summed E-state index contributed by atoms with van der Waals surface area (Å²) < 4.78 is 5.44. The van der Waals surface area contributed by atoms with Crippen LogP contribution in [-0.4, -0.2) is 36.2 Å². The van der Waals surface area contributed by atoms with Gasteiger partial charge in [0.15, 0.2) is 5.17 Å². The molecule has 0 atom stereocenters. The fourth-order valence-electron chi connectivity index (χ4n) is 4.00. The third-order valence-corrected chi connectivity index (χ3v) is 8.43. The summed E-state index contributed by atoms with van der Waals surface area (Å²) in [4.78, 5) is 24.4. The van der Waals surface area contributed by atoms with Gasteiger partial charge in [0.05, 0.1) is 18.5 Å². The Morgan fingerprint density at radius 1 is 0.971 bits per heavy atom. The van der Waals surface area contributed by atoms with Crippen LogP contribution >= 0.6 is 35.1 Å². The second-order valence-electron chi connectivity index (χ2n) is 7.98. The number of anilines is 1. The second-order valence-corrected chi connectivity index (χ2v) is 10.4. The van der Waals surface area contributed by atoms with Gasteiger partial charge in [-0.2, -0.15) is 0 Å². The van der Waals surface area contributed by atoms with Crippen LogP contribution in [-0.2, 0) is 11.2 Å². The van der Waals surface area contributed by atoms with Crippen LogP contribution in [0.4, 0.5) is 11.4 Å². The monoisotopic (exact) mass is 521 g/mol. The molecule has 0 aliphatic carbocycles. The van der Waals surface area contributed by atoms with Gasteiger partial charge in [0, 0.05) is 29.1 Å². The molecule has 5 nitrogen and oxygen atoms in total. The van der Waals surface area contributed by atoms with Crippen molar-refractivity contribution in [3.63, 3.8) is 0 Å². The number of carbonyl (C=O) groups is 1. The largest absolute Gasteiger partial charge is 0.497 e. The quantitative estimate of drug-likeness (QED) is 0.328. The summed E-state index contributed by atoms with van der Waals surface area (Å²) in [5.74, 6) is 0.785. The number of thioether (sulfide) groups is 2. The van der Waals surface area contributed by atoms with Crippen LogP contribution in [0.2, 0.25) is 5.02 Å². The number of halogens is 1. The van der Waals surface area contributed by atoms with E-state index < -0.39 is 0 Å². The van der Waals surface area contributed by atoms with E-state index in [0.717, 1.165) is 40.0 Å². The van der Waals surface area contributed by atoms with Crippen LogP contribution in [0.1, 0.15) is 12.5 Å². The molecule has 1 saturated heterocycles. The maximum Gasteiger partial charge on any atom is 0.269 e. The molecule has 3 aromatic rings. The first-order valence-electron chi connectivity index (χ1n) is 11.3. The smallest absolute Gasteiger partial charge is 0.269 e. The van der Waals surface area contributed by atoms with Crippen molar-refractivity contribution in [1.29, 1.82) is 0 Å². The van der Waals surface area contributed by atoms with Crippen LogP contribution < -0.4 is 9.64 Å². The summed E-state index contributed by atoms with van der Waals surface area (Å²) in [5, 5.41) is 2.28. The molecule has 0 spiro atoms. The highest BCUT2D eigenvalue weighted by Crippen LogP contribution is 2.51. The Labute approximate surface area is 218 Å². The fourth-order valence-corrected chi connectivity index (χ4v) is 6.52. The van der Waals surface area contributed by atoms with Crippen molar-refractivity contribution in [2.45, 2.75) is 18.2 Å². The predicted molar refractivity (Wildman–Crippen MR) is 147 cm³/mol. The predicted octanol–water partition coefficient (Wildman–Crippen LogP) is 6.96. The molecule has 2 heterocycles. The van der Waals surface area contributed by atoms with E-state index in [-0.39, 0.29) is 5.91 Å². The van der Waals surface area contributed by atoms with Crippen molar-refractivity contribution in [3.8, 4) is 5.75 Å². The third kappa shape index (κ3) is 4.94. The SMILES string of the molecule is CCN1C(=C2SC(=Nc3ccc(Cl)cc3)N(CCc3ccccc3)C2=O)Sc2ccc(OC)cc21. The molecule has 3 aromatic carbocycles. The number of fused-ring (bicyclic) bond motifs is 1. The number of methoxy groups -OCH3 is 1. The lowest BCUT2D eigenvalue weighted by Gasteiger charge is -2.19. The summed E-state index contributed by atoms with van der Waals surface area (Å²) >= 11 is 9.12. The molecule has 0 bridgehead atoms. The zero-order chi connectivity index (χ0) is 24.4. The molecular formula is C27H24ClN3O2S2. The molecule has 1 amide bonds. The number of amidine groups is 1. The molecule has 178 valence electrons. The Hall–Kier alpha value is -2.87. The van der Waals surface area contributed by atoms with Crippen molar-refractivity contribution in [2.75, 3.05) is 25.1 Å². The highest BCUT2D eigenvalue weighted by atomic mass is 35.5. The van der Waals surface area contributed by atoms with Crippen molar-refractivity contribution in [2.24, 2.45) is 4.99 Å². The van der Waals surface area contributed by atoms with Crippen LogP contribution in [0, 0.1) is 0 Å². The molecule has 0 unspecified atom stereocenters. The number of rotatable bonds is 6. The fraction of sp³-hybridized carbons (Fsp3) is 0.185. The van der Waals surface area contributed by atoms with Crippen molar-refractivity contribution >= 4 is 57.6 Å². The highest BCUT2D eigenvalue weighted by molar-refractivity contribution is 8.19. The number of amides is 1. The first-order valence-corrected chi connectivity index (χ1v) is 13.3. The lowest BCUT2D eigenvalue weighted by atomic mass is 10.1. The lowest BCUT2D eigenvalue weighted by molar-refractivity contribution is -0.122.